The zero-order valence-electron chi connectivity index (χ0n) is 8.46. The molecule has 1 aromatic carbocycles. The summed E-state index contributed by atoms with van der Waals surface area (Å²) in [6.45, 7) is 6.40. The minimum absolute atomic E-state index is 0.0364. The summed E-state index contributed by atoms with van der Waals surface area (Å²) in [7, 11) is 0. The lowest BCUT2D eigenvalue weighted by atomic mass is 9.87. The van der Waals surface area contributed by atoms with Crippen LogP contribution in [-0.2, 0) is 5.41 Å². The van der Waals surface area contributed by atoms with E-state index in [2.05, 4.69) is 20.8 Å². The Morgan fingerprint density at radius 3 is 2.50 bits per heavy atom. The van der Waals surface area contributed by atoms with Crippen molar-refractivity contribution in [2.24, 2.45) is 0 Å². The van der Waals surface area contributed by atoms with Crippen LogP contribution in [0.2, 0.25) is 0 Å². The highest BCUT2D eigenvalue weighted by atomic mass is 32.1. The van der Waals surface area contributed by atoms with Crippen molar-refractivity contribution in [3.63, 3.8) is 0 Å². The Balaban J connectivity index is 2.83. The largest absolute Gasteiger partial charge is 0.413 e. The number of fused-ring (bicyclic) bond motifs is 1. The molecule has 0 saturated carbocycles. The Hall–Kier alpha value is -1.09. The van der Waals surface area contributed by atoms with E-state index in [1.54, 1.807) is 0 Å². The van der Waals surface area contributed by atoms with Crippen molar-refractivity contribution < 1.29 is 8.83 Å². The van der Waals surface area contributed by atoms with Crippen molar-refractivity contribution in [1.82, 2.24) is 0 Å². The average Bonchev–Trinajstić information content (AvgIpc) is 2.41. The Morgan fingerprint density at radius 2 is 1.86 bits per heavy atom. The van der Waals surface area contributed by atoms with Crippen molar-refractivity contribution >= 4 is 23.4 Å². The Bertz CT molecular complexity index is 514. The first-order chi connectivity index (χ1) is 6.48. The molecule has 0 aliphatic rings. The third-order valence-electron chi connectivity index (χ3n) is 2.17. The fourth-order valence-corrected chi connectivity index (χ4v) is 1.66. The maximum atomic E-state index is 5.37. The normalized spacial score (nSPS) is 12.2. The second-order valence-corrected chi connectivity index (χ2v) is 4.67. The van der Waals surface area contributed by atoms with Crippen LogP contribution in [0.25, 0.3) is 11.2 Å². The molecule has 1 aromatic heterocycles. The summed E-state index contributed by atoms with van der Waals surface area (Å²) >= 11 is 4.86. The molecule has 0 spiro atoms. The van der Waals surface area contributed by atoms with Gasteiger partial charge in [-0.25, -0.2) is 0 Å². The number of hydrogen-bond donors (Lipinski definition) is 0. The summed E-state index contributed by atoms with van der Waals surface area (Å²) < 4.78 is 10.6. The molecule has 0 fully saturated rings. The van der Waals surface area contributed by atoms with E-state index >= 15 is 0 Å². The number of rotatable bonds is 0. The van der Waals surface area contributed by atoms with Gasteiger partial charge in [-0.15, -0.1) is 0 Å². The highest BCUT2D eigenvalue weighted by molar-refractivity contribution is 7.71. The number of hydrogen-bond acceptors (Lipinski definition) is 3. The quantitative estimate of drug-likeness (QED) is 0.611. The topological polar surface area (TPSA) is 26.3 Å². The summed E-state index contributed by atoms with van der Waals surface area (Å²) in [5, 5.41) is 0. The van der Waals surface area contributed by atoms with Gasteiger partial charge in [-0.2, -0.15) is 0 Å². The lowest BCUT2D eigenvalue weighted by Gasteiger charge is -2.17. The molecule has 0 aliphatic heterocycles. The molecule has 0 bridgehead atoms. The molecule has 2 rings (SSSR count). The molecule has 14 heavy (non-hydrogen) atoms. The van der Waals surface area contributed by atoms with Crippen LogP contribution >= 0.6 is 12.2 Å². The van der Waals surface area contributed by atoms with Crippen molar-refractivity contribution in [2.75, 3.05) is 0 Å². The molecular formula is C11H12O2S. The molecule has 2 nitrogen and oxygen atoms in total. The van der Waals surface area contributed by atoms with Gasteiger partial charge in [0, 0.05) is 17.8 Å². The first-order valence-electron chi connectivity index (χ1n) is 4.51. The zero-order valence-corrected chi connectivity index (χ0v) is 9.27. The monoisotopic (exact) mass is 208 g/mol. The summed E-state index contributed by atoms with van der Waals surface area (Å²) in [5.74, 6) is 0. The van der Waals surface area contributed by atoms with Gasteiger partial charge >= 0.3 is 4.90 Å². The predicted octanol–water partition coefficient (Wildman–Crippen LogP) is 4.05. The first kappa shape index (κ1) is 9.46. The van der Waals surface area contributed by atoms with Crippen LogP contribution in [0, 0.1) is 4.90 Å². The highest BCUT2D eigenvalue weighted by Crippen LogP contribution is 2.30. The summed E-state index contributed by atoms with van der Waals surface area (Å²) in [4.78, 5) is 0.191. The molecule has 2 aromatic rings. The molecule has 1 heterocycles. The highest BCUT2D eigenvalue weighted by Gasteiger charge is 2.19. The lowest BCUT2D eigenvalue weighted by molar-refractivity contribution is 0.440. The zero-order chi connectivity index (χ0) is 10.3. The first-order valence-corrected chi connectivity index (χ1v) is 4.92. The van der Waals surface area contributed by atoms with Gasteiger partial charge in [-0.3, -0.25) is 0 Å². The van der Waals surface area contributed by atoms with Crippen LogP contribution in [0.15, 0.2) is 27.0 Å². The molecule has 0 atom stereocenters. The second-order valence-electron chi connectivity index (χ2n) is 4.34. The summed E-state index contributed by atoms with van der Waals surface area (Å²) in [6, 6.07) is 5.86. The van der Waals surface area contributed by atoms with Crippen LogP contribution in [0.4, 0.5) is 0 Å². The predicted molar refractivity (Wildman–Crippen MR) is 58.0 cm³/mol. The smallest absolute Gasteiger partial charge is 0.363 e. The fraction of sp³-hybridized carbons (Fsp3) is 0.364. The van der Waals surface area contributed by atoms with Crippen LogP contribution in [0.3, 0.4) is 0 Å². The van der Waals surface area contributed by atoms with Crippen LogP contribution in [-0.4, -0.2) is 0 Å². The van der Waals surface area contributed by atoms with E-state index in [1.807, 2.05) is 18.2 Å². The van der Waals surface area contributed by atoms with Crippen LogP contribution in [0.5, 0.6) is 0 Å². The molecule has 0 saturated heterocycles. The van der Waals surface area contributed by atoms with Crippen LogP contribution in [0.1, 0.15) is 26.3 Å². The molecule has 0 radical (unpaired) electrons. The number of benzene rings is 1. The van der Waals surface area contributed by atoms with Gasteiger partial charge in [0.05, 0.1) is 0 Å². The third-order valence-corrected chi connectivity index (χ3v) is 2.33. The van der Waals surface area contributed by atoms with Gasteiger partial charge in [-0.05, 0) is 11.5 Å². The lowest BCUT2D eigenvalue weighted by Crippen LogP contribution is -2.10. The van der Waals surface area contributed by atoms with Gasteiger partial charge < -0.3 is 8.83 Å². The van der Waals surface area contributed by atoms with E-state index in [4.69, 9.17) is 21.1 Å². The standard InChI is InChI=1S/C11H12O2S/c1-11(2,3)7-5-4-6-8-9(7)13-10(14)12-8/h4-6H,1-3H3. The van der Waals surface area contributed by atoms with Crippen molar-refractivity contribution in [2.45, 2.75) is 26.2 Å². The molecule has 3 heteroatoms. The SMILES string of the molecule is CC(C)(C)c1cccc2oc(=S)oc12. The van der Waals surface area contributed by atoms with Gasteiger partial charge in [0.25, 0.3) is 0 Å². The van der Waals surface area contributed by atoms with E-state index in [0.29, 0.717) is 0 Å². The van der Waals surface area contributed by atoms with E-state index in [-0.39, 0.29) is 10.3 Å². The minimum atomic E-state index is 0.0364. The second kappa shape index (κ2) is 2.95. The summed E-state index contributed by atoms with van der Waals surface area (Å²) in [5.41, 5.74) is 2.65. The van der Waals surface area contributed by atoms with Gasteiger partial charge in [0.1, 0.15) is 0 Å². The van der Waals surface area contributed by atoms with Crippen molar-refractivity contribution in [3.8, 4) is 0 Å². The van der Waals surface area contributed by atoms with E-state index in [0.717, 1.165) is 16.7 Å². The van der Waals surface area contributed by atoms with Crippen molar-refractivity contribution in [1.29, 1.82) is 0 Å². The Labute approximate surface area is 87.5 Å². The maximum Gasteiger partial charge on any atom is 0.363 e. The van der Waals surface area contributed by atoms with Gasteiger partial charge in [0.15, 0.2) is 11.2 Å². The van der Waals surface area contributed by atoms with E-state index in [1.165, 1.54) is 0 Å². The molecule has 0 unspecified atom stereocenters. The van der Waals surface area contributed by atoms with Gasteiger partial charge in [-0.1, -0.05) is 32.9 Å². The van der Waals surface area contributed by atoms with Crippen LogP contribution < -0.4 is 0 Å². The van der Waals surface area contributed by atoms with E-state index < -0.39 is 0 Å². The van der Waals surface area contributed by atoms with Gasteiger partial charge in [0.2, 0.25) is 0 Å². The molecule has 0 aliphatic carbocycles. The minimum Gasteiger partial charge on any atom is -0.413 e. The Kier molecular flexibility index (Phi) is 2.00. The van der Waals surface area contributed by atoms with Crippen molar-refractivity contribution in [3.05, 3.63) is 28.7 Å². The van der Waals surface area contributed by atoms with E-state index in [9.17, 15) is 0 Å². The Morgan fingerprint density at radius 1 is 1.14 bits per heavy atom. The maximum absolute atomic E-state index is 5.37. The molecular weight excluding hydrogens is 196 g/mol. The number of para-hydroxylation sites is 1. The molecule has 0 amide bonds. The third kappa shape index (κ3) is 1.48. The fourth-order valence-electron chi connectivity index (χ4n) is 1.49. The molecule has 0 N–H and O–H groups in total. The molecule has 74 valence electrons. The summed E-state index contributed by atoms with van der Waals surface area (Å²) in [6.07, 6.45) is 0. The average molecular weight is 208 g/mol.